The van der Waals surface area contributed by atoms with E-state index in [4.69, 9.17) is 15.2 Å². The molecule has 1 saturated heterocycles. The van der Waals surface area contributed by atoms with Gasteiger partial charge in [0, 0.05) is 38.1 Å². The predicted octanol–water partition coefficient (Wildman–Crippen LogP) is 2.05. The van der Waals surface area contributed by atoms with E-state index in [2.05, 4.69) is 5.32 Å². The summed E-state index contributed by atoms with van der Waals surface area (Å²) in [6.45, 7) is 6.43. The number of anilines is 1. The minimum Gasteiger partial charge on any atom is -0.484 e. The fourth-order valence-electron chi connectivity index (χ4n) is 2.99. The van der Waals surface area contributed by atoms with Crippen LogP contribution in [0.2, 0.25) is 0 Å². The number of hydrogen-bond acceptors (Lipinski definition) is 5. The molecule has 1 unspecified atom stereocenters. The quantitative estimate of drug-likeness (QED) is 0.697. The van der Waals surface area contributed by atoms with Crippen molar-refractivity contribution < 1.29 is 19.1 Å². The lowest BCUT2D eigenvalue weighted by Crippen LogP contribution is -2.44. The summed E-state index contributed by atoms with van der Waals surface area (Å²) in [5.41, 5.74) is 6.69. The minimum atomic E-state index is -0.562. The molecule has 0 saturated carbocycles. The summed E-state index contributed by atoms with van der Waals surface area (Å²) in [7, 11) is 0. The molecule has 0 spiro atoms. The van der Waals surface area contributed by atoms with Gasteiger partial charge in [0.25, 0.3) is 5.91 Å². The number of benzene rings is 1. The first kappa shape index (κ1) is 23.2. The number of nitrogens with one attached hydrogen (secondary N) is 1. The first-order valence-corrected chi connectivity index (χ1v) is 9.20. The van der Waals surface area contributed by atoms with Crippen LogP contribution in [-0.2, 0) is 14.3 Å². The molecule has 0 radical (unpaired) electrons. The summed E-state index contributed by atoms with van der Waals surface area (Å²) in [5.74, 6) is 0.386. The fraction of sp³-hybridized carbons (Fsp3) is 0.579. The number of carbonyl (C=O) groups excluding carboxylic acids is 2. The molecular weight excluding hydrogens is 370 g/mol. The number of nitrogens with zero attached hydrogens (tertiary/aromatic N) is 1. The van der Waals surface area contributed by atoms with Crippen LogP contribution in [0.5, 0.6) is 5.75 Å². The molecule has 1 atom stereocenters. The second kappa shape index (κ2) is 11.8. The predicted molar refractivity (Wildman–Crippen MR) is 107 cm³/mol. The monoisotopic (exact) mass is 399 g/mol. The normalized spacial score (nSPS) is 15.4. The van der Waals surface area contributed by atoms with E-state index in [1.807, 2.05) is 13.8 Å². The highest BCUT2D eigenvalue weighted by Crippen LogP contribution is 2.21. The molecule has 1 aromatic carbocycles. The van der Waals surface area contributed by atoms with E-state index in [0.29, 0.717) is 37.7 Å². The van der Waals surface area contributed by atoms with E-state index in [1.165, 1.54) is 0 Å². The summed E-state index contributed by atoms with van der Waals surface area (Å²) < 4.78 is 10.9. The van der Waals surface area contributed by atoms with Gasteiger partial charge in [0.1, 0.15) is 5.75 Å². The van der Waals surface area contributed by atoms with E-state index in [-0.39, 0.29) is 36.7 Å². The number of ether oxygens (including phenoxy) is 2. The van der Waals surface area contributed by atoms with Gasteiger partial charge in [-0.15, -0.1) is 12.4 Å². The molecule has 27 heavy (non-hydrogen) atoms. The van der Waals surface area contributed by atoms with Crippen LogP contribution in [0.15, 0.2) is 24.3 Å². The summed E-state index contributed by atoms with van der Waals surface area (Å²) in [5, 5.41) is 2.83. The Bertz CT molecular complexity index is 604. The van der Waals surface area contributed by atoms with Crippen molar-refractivity contribution in [1.82, 2.24) is 4.90 Å². The van der Waals surface area contributed by atoms with Gasteiger partial charge >= 0.3 is 0 Å². The van der Waals surface area contributed by atoms with E-state index in [0.717, 1.165) is 12.8 Å². The Hall–Kier alpha value is -1.83. The lowest BCUT2D eigenvalue weighted by molar-refractivity contribution is -0.133. The van der Waals surface area contributed by atoms with Crippen molar-refractivity contribution in [2.45, 2.75) is 32.7 Å². The van der Waals surface area contributed by atoms with Gasteiger partial charge in [0.2, 0.25) is 5.91 Å². The Morgan fingerprint density at radius 2 is 1.96 bits per heavy atom. The molecule has 1 fully saturated rings. The van der Waals surface area contributed by atoms with Crippen LogP contribution in [0.1, 0.15) is 26.7 Å². The highest BCUT2D eigenvalue weighted by Gasteiger charge is 2.26. The van der Waals surface area contributed by atoms with Crippen molar-refractivity contribution in [1.29, 1.82) is 0 Å². The lowest BCUT2D eigenvalue weighted by Gasteiger charge is -2.26. The van der Waals surface area contributed by atoms with Crippen LogP contribution in [0, 0.1) is 5.92 Å². The molecule has 1 aromatic rings. The number of carbonyl (C=O) groups is 2. The number of amides is 2. The van der Waals surface area contributed by atoms with Crippen LogP contribution >= 0.6 is 12.4 Å². The SMILES string of the molecule is CCN(CC)C(=O)COc1cccc(NC(=O)C(N)C2CCOCC2)c1.Cl. The van der Waals surface area contributed by atoms with E-state index in [1.54, 1.807) is 29.2 Å². The van der Waals surface area contributed by atoms with Crippen LogP contribution in [-0.4, -0.2) is 55.7 Å². The molecule has 3 N–H and O–H groups in total. The first-order chi connectivity index (χ1) is 12.5. The third-order valence-electron chi connectivity index (χ3n) is 4.66. The van der Waals surface area contributed by atoms with E-state index >= 15 is 0 Å². The standard InChI is InChI=1S/C19H29N3O4.ClH/c1-3-22(4-2)17(23)13-26-16-7-5-6-15(12-16)21-19(24)18(20)14-8-10-25-11-9-14;/h5-7,12,14,18H,3-4,8-11,13,20H2,1-2H3,(H,21,24);1H. The van der Waals surface area contributed by atoms with E-state index < -0.39 is 6.04 Å². The molecule has 0 aromatic heterocycles. The van der Waals surface area contributed by atoms with E-state index in [9.17, 15) is 9.59 Å². The van der Waals surface area contributed by atoms with Crippen LogP contribution in [0.25, 0.3) is 0 Å². The van der Waals surface area contributed by atoms with Crippen molar-refractivity contribution in [3.8, 4) is 5.75 Å². The summed E-state index contributed by atoms with van der Waals surface area (Å²) in [6.07, 6.45) is 1.59. The highest BCUT2D eigenvalue weighted by molar-refractivity contribution is 5.95. The molecule has 0 aliphatic carbocycles. The van der Waals surface area contributed by atoms with Gasteiger partial charge in [-0.25, -0.2) is 0 Å². The Labute approximate surface area is 167 Å². The Balaban J connectivity index is 0.00000364. The van der Waals surface area contributed by atoms with Crippen LogP contribution in [0.4, 0.5) is 5.69 Å². The third-order valence-corrected chi connectivity index (χ3v) is 4.66. The zero-order valence-electron chi connectivity index (χ0n) is 16.0. The Kier molecular flexibility index (Phi) is 10.1. The summed E-state index contributed by atoms with van der Waals surface area (Å²) in [6, 6.07) is 6.43. The van der Waals surface area contributed by atoms with Crippen LogP contribution in [0.3, 0.4) is 0 Å². The van der Waals surface area contributed by atoms with Crippen LogP contribution < -0.4 is 15.8 Å². The first-order valence-electron chi connectivity index (χ1n) is 9.20. The second-order valence-corrected chi connectivity index (χ2v) is 6.35. The average Bonchev–Trinajstić information content (AvgIpc) is 2.67. The highest BCUT2D eigenvalue weighted by atomic mass is 35.5. The molecule has 0 bridgehead atoms. The largest absolute Gasteiger partial charge is 0.484 e. The smallest absolute Gasteiger partial charge is 0.260 e. The second-order valence-electron chi connectivity index (χ2n) is 6.35. The van der Waals surface area contributed by atoms with Gasteiger partial charge in [-0.3, -0.25) is 9.59 Å². The van der Waals surface area contributed by atoms with Gasteiger partial charge in [0.05, 0.1) is 6.04 Å². The Morgan fingerprint density at radius 3 is 2.59 bits per heavy atom. The summed E-state index contributed by atoms with van der Waals surface area (Å²) >= 11 is 0. The molecule has 2 amide bonds. The zero-order valence-corrected chi connectivity index (χ0v) is 16.8. The lowest BCUT2D eigenvalue weighted by atomic mass is 9.92. The molecular formula is C19H30ClN3O4. The molecule has 7 nitrogen and oxygen atoms in total. The zero-order chi connectivity index (χ0) is 18.9. The molecule has 1 aliphatic heterocycles. The van der Waals surface area contributed by atoms with Crippen molar-refractivity contribution in [2.75, 3.05) is 38.2 Å². The maximum Gasteiger partial charge on any atom is 0.260 e. The third kappa shape index (κ3) is 7.01. The Morgan fingerprint density at radius 1 is 1.30 bits per heavy atom. The number of hydrogen-bond donors (Lipinski definition) is 2. The van der Waals surface area contributed by atoms with Crippen molar-refractivity contribution in [3.05, 3.63) is 24.3 Å². The van der Waals surface area contributed by atoms with Gasteiger partial charge in [-0.2, -0.15) is 0 Å². The molecule has 1 aliphatic rings. The molecule has 1 heterocycles. The van der Waals surface area contributed by atoms with Gasteiger partial charge < -0.3 is 25.4 Å². The van der Waals surface area contributed by atoms with Gasteiger partial charge in [-0.05, 0) is 44.7 Å². The number of rotatable bonds is 8. The van der Waals surface area contributed by atoms with Crippen molar-refractivity contribution >= 4 is 29.9 Å². The maximum absolute atomic E-state index is 12.4. The van der Waals surface area contributed by atoms with Crippen molar-refractivity contribution in [2.24, 2.45) is 11.7 Å². The molecule has 152 valence electrons. The molecule has 8 heteroatoms. The topological polar surface area (TPSA) is 93.9 Å². The fourth-order valence-corrected chi connectivity index (χ4v) is 2.99. The minimum absolute atomic E-state index is 0. The summed E-state index contributed by atoms with van der Waals surface area (Å²) in [4.78, 5) is 26.1. The average molecular weight is 400 g/mol. The van der Waals surface area contributed by atoms with Crippen molar-refractivity contribution in [3.63, 3.8) is 0 Å². The van der Waals surface area contributed by atoms with Gasteiger partial charge in [0.15, 0.2) is 6.61 Å². The maximum atomic E-state index is 12.4. The number of halogens is 1. The molecule has 2 rings (SSSR count). The van der Waals surface area contributed by atoms with Gasteiger partial charge in [-0.1, -0.05) is 6.07 Å². The number of nitrogens with two attached hydrogens (primary N) is 1. The number of likely N-dealkylation sites (N-methyl/N-ethyl adjacent to an activating group) is 1.